The third-order valence-electron chi connectivity index (χ3n) is 14.7. The first-order chi connectivity index (χ1) is 36.5. The van der Waals surface area contributed by atoms with E-state index in [2.05, 4.69) is 87.5 Å². The van der Waals surface area contributed by atoms with Crippen LogP contribution in [0.15, 0.2) is 0 Å². The Labute approximate surface area is 481 Å². The van der Waals surface area contributed by atoms with Gasteiger partial charge >= 0.3 is 17.1 Å². The highest BCUT2D eigenvalue weighted by molar-refractivity contribution is 6.89. The van der Waals surface area contributed by atoms with Crippen molar-refractivity contribution in [2.75, 3.05) is 13.1 Å². The minimum Gasteiger partial charge on any atom is -0.437 e. The van der Waals surface area contributed by atoms with Crippen molar-refractivity contribution in [3.8, 4) is 0 Å². The second-order valence-corrected chi connectivity index (χ2v) is 42.7. The minimum atomic E-state index is -2.88. The third kappa shape index (κ3) is 45.9. The lowest BCUT2D eigenvalue weighted by Gasteiger charge is -2.43. The van der Waals surface area contributed by atoms with Gasteiger partial charge in [0.25, 0.3) is 0 Å². The average Bonchev–Trinajstić information content (AvgIpc) is 3.32. The Kier molecular flexibility index (Phi) is 45.3. The summed E-state index contributed by atoms with van der Waals surface area (Å²) in [7, 11) is -9.94. The van der Waals surface area contributed by atoms with Gasteiger partial charge in [-0.25, -0.2) is 0 Å². The van der Waals surface area contributed by atoms with E-state index in [1.165, 1.54) is 180 Å². The fourth-order valence-electron chi connectivity index (χ4n) is 10.7. The monoisotopic (exact) mass is 1150 g/mol. The molecule has 0 saturated heterocycles. The molecule has 15 heteroatoms. The van der Waals surface area contributed by atoms with E-state index in [4.69, 9.17) is 12.3 Å². The lowest BCUT2D eigenvalue weighted by Crippen LogP contribution is -2.58. The van der Waals surface area contributed by atoms with Gasteiger partial charge in [0.15, 0.2) is 16.6 Å². The summed E-state index contributed by atoms with van der Waals surface area (Å²) >= 11 is 0. The number of rotatable bonds is 54. The number of unbranched alkanes of at least 4 members (excludes halogenated alkanes) is 30. The Balaban J connectivity index is 4.94. The molecule has 4 amide bonds. The molecular weight excluding hydrogens is 1030 g/mol. The topological polar surface area (TPSA) is 144 Å². The molecule has 0 rings (SSSR count). The number of amides is 4. The third-order valence-corrected chi connectivity index (χ3v) is 29.1. The van der Waals surface area contributed by atoms with Crippen LogP contribution in [-0.4, -0.2) is 82.6 Å². The van der Waals surface area contributed by atoms with Crippen LogP contribution in [0.5, 0.6) is 0 Å². The lowest BCUT2D eigenvalue weighted by atomic mass is 10.0. The summed E-state index contributed by atoms with van der Waals surface area (Å²) in [5.41, 5.74) is 0. The Morgan fingerprint density at radius 1 is 0.338 bits per heavy atom. The number of hydrogen-bond acceptors (Lipinski definition) is 7. The summed E-state index contributed by atoms with van der Waals surface area (Å²) in [6.45, 7) is 31.0. The molecule has 0 radical (unpaired) electrons. The van der Waals surface area contributed by atoms with Gasteiger partial charge < -0.3 is 33.6 Å². The van der Waals surface area contributed by atoms with E-state index in [-0.39, 0.29) is 48.3 Å². The smallest absolute Gasteiger partial charge is 0.315 e. The Morgan fingerprint density at radius 2 is 0.571 bits per heavy atom. The number of carbonyl (C=O) groups excluding carboxylic acids is 4. The molecule has 0 aromatic rings. The van der Waals surface area contributed by atoms with Crippen molar-refractivity contribution in [1.82, 2.24) is 21.3 Å². The molecule has 0 bridgehead atoms. The van der Waals surface area contributed by atoms with E-state index in [1.54, 1.807) is 0 Å². The van der Waals surface area contributed by atoms with Crippen molar-refractivity contribution in [2.45, 2.75) is 349 Å². The molecule has 4 N–H and O–H groups in total. The highest BCUT2D eigenvalue weighted by atomic mass is 28.5. The molecule has 77 heavy (non-hydrogen) atoms. The van der Waals surface area contributed by atoms with E-state index >= 15 is 0 Å². The van der Waals surface area contributed by atoms with Crippen LogP contribution in [0.1, 0.15) is 273 Å². The Bertz CT molecular complexity index is 1380. The summed E-state index contributed by atoms with van der Waals surface area (Å²) in [6.07, 6.45) is 43.8. The van der Waals surface area contributed by atoms with Crippen molar-refractivity contribution in [2.24, 2.45) is 11.8 Å². The van der Waals surface area contributed by atoms with Crippen LogP contribution < -0.4 is 21.3 Å². The van der Waals surface area contributed by atoms with E-state index in [0.29, 0.717) is 38.0 Å². The molecule has 2 unspecified atom stereocenters. The van der Waals surface area contributed by atoms with Gasteiger partial charge in [0.05, 0.1) is 0 Å². The van der Waals surface area contributed by atoms with Crippen LogP contribution in [0.2, 0.25) is 64.5 Å². The molecule has 11 nitrogen and oxygen atoms in total. The first-order valence-electron chi connectivity index (χ1n) is 32.7. The van der Waals surface area contributed by atoms with E-state index in [0.717, 1.165) is 25.7 Å². The molecule has 4 atom stereocenters. The Morgan fingerprint density at radius 3 is 0.792 bits per heavy atom. The second-order valence-electron chi connectivity index (χ2n) is 26.3. The van der Waals surface area contributed by atoms with Crippen molar-refractivity contribution in [1.29, 1.82) is 0 Å². The van der Waals surface area contributed by atoms with Crippen molar-refractivity contribution < 1.29 is 31.5 Å². The zero-order valence-corrected chi connectivity index (χ0v) is 57.5. The highest BCUT2D eigenvalue weighted by Crippen LogP contribution is 2.32. The van der Waals surface area contributed by atoms with Gasteiger partial charge in [-0.2, -0.15) is 0 Å². The lowest BCUT2D eigenvalue weighted by molar-refractivity contribution is -0.130. The van der Waals surface area contributed by atoms with Crippen molar-refractivity contribution >= 4 is 57.4 Å². The summed E-state index contributed by atoms with van der Waals surface area (Å²) < 4.78 is 21.1. The summed E-state index contributed by atoms with van der Waals surface area (Å²) in [5.74, 6) is -0.570. The maximum atomic E-state index is 13.5. The van der Waals surface area contributed by atoms with E-state index < -0.39 is 45.8 Å². The minimum absolute atomic E-state index is 0.0396. The molecule has 0 aromatic carbocycles. The molecular formula is C62H130N4O7Si4. The average molecular weight is 1160 g/mol. The molecule has 0 aliphatic rings. The summed E-state index contributed by atoms with van der Waals surface area (Å²) in [6, 6.07) is 0.0631. The van der Waals surface area contributed by atoms with Crippen molar-refractivity contribution in [3.63, 3.8) is 0 Å². The van der Waals surface area contributed by atoms with Gasteiger partial charge in [-0.1, -0.05) is 234 Å². The van der Waals surface area contributed by atoms with Gasteiger partial charge in [0.2, 0.25) is 23.6 Å². The zero-order valence-electron chi connectivity index (χ0n) is 53.5. The molecule has 0 aliphatic carbocycles. The second kappa shape index (κ2) is 46.2. The molecule has 0 aliphatic heterocycles. The van der Waals surface area contributed by atoms with Crippen LogP contribution in [0, 0.1) is 11.8 Å². The maximum absolute atomic E-state index is 13.5. The molecule has 0 spiro atoms. The number of carbonyl (C=O) groups is 4. The van der Waals surface area contributed by atoms with Crippen LogP contribution in [-0.2, 0) is 31.5 Å². The molecule has 456 valence electrons. The van der Waals surface area contributed by atoms with E-state index in [9.17, 15) is 19.2 Å². The van der Waals surface area contributed by atoms with Gasteiger partial charge in [-0.3, -0.25) is 19.2 Å². The van der Waals surface area contributed by atoms with Gasteiger partial charge in [-0.05, 0) is 102 Å². The van der Waals surface area contributed by atoms with E-state index in [1.807, 2.05) is 27.7 Å². The fraction of sp³-hybridized carbons (Fsp3) is 0.935. The molecule has 0 heterocycles. The van der Waals surface area contributed by atoms with Crippen LogP contribution in [0.4, 0.5) is 0 Å². The van der Waals surface area contributed by atoms with Crippen molar-refractivity contribution in [3.05, 3.63) is 0 Å². The number of nitrogens with one attached hydrogen (secondary N) is 4. The summed E-state index contributed by atoms with van der Waals surface area (Å²) in [4.78, 5) is 53.5. The highest BCUT2D eigenvalue weighted by Gasteiger charge is 2.46. The molecule has 0 fully saturated rings. The SMILES string of the molecule is CCCCCCCCCCCCCCCCCCNC(=O)[C@@H](NC(=O)CCC[Si](C)(O[Si](C)(C)C)O[Si](C)(CCCC(=O)N[C@H](C(=O)NCCCCCCCCCCCCCCCCCC)C(C)C)O[Si](C)(C)C)C(C)C. The largest absolute Gasteiger partial charge is 0.437 e. The quantitative estimate of drug-likeness (QED) is 0.0351. The number of hydrogen-bond donors (Lipinski definition) is 4. The van der Waals surface area contributed by atoms with Gasteiger partial charge in [0, 0.05) is 25.9 Å². The predicted molar refractivity (Wildman–Crippen MR) is 340 cm³/mol. The normalized spacial score (nSPS) is 14.5. The first-order valence-corrected chi connectivity index (χ1v) is 44.6. The van der Waals surface area contributed by atoms with Crippen LogP contribution in [0.25, 0.3) is 0 Å². The van der Waals surface area contributed by atoms with Crippen LogP contribution in [0.3, 0.4) is 0 Å². The molecule has 0 saturated carbocycles. The zero-order chi connectivity index (χ0) is 57.9. The Hall–Kier alpha value is -1.37. The maximum Gasteiger partial charge on any atom is 0.315 e. The predicted octanol–water partition coefficient (Wildman–Crippen LogP) is 17.4. The molecule has 0 aromatic heterocycles. The van der Waals surface area contributed by atoms with Gasteiger partial charge in [0.1, 0.15) is 12.1 Å². The first kappa shape index (κ1) is 75.6. The fourth-order valence-corrected chi connectivity index (χ4v) is 29.1. The van der Waals surface area contributed by atoms with Gasteiger partial charge in [-0.15, -0.1) is 0 Å². The van der Waals surface area contributed by atoms with Crippen LogP contribution >= 0.6 is 0 Å². The summed E-state index contributed by atoms with van der Waals surface area (Å²) in [5, 5.41) is 12.3. The standard InChI is InChI=1S/C62H130N4O7Si4/c1-15-17-19-21-23-25-27-29-31-33-35-37-39-41-43-45-51-63-61(69)59(55(3)4)65-57(67)49-47-53-76(13,71-74(7,8)9)73-77(14,72-75(10,11)12)54-48-50-58(68)66-60(56(5)6)62(70)64-52-46-44-42-40-38-36-34-32-30-28-26-24-22-20-18-16-2/h55-56,59-60H,15-54H2,1-14H3,(H,63,69)(H,64,70)(H,65,67)(H,66,68)/t59-,60-,76?,77?/m0/s1.